The van der Waals surface area contributed by atoms with Crippen molar-refractivity contribution in [3.63, 3.8) is 0 Å². The van der Waals surface area contributed by atoms with E-state index in [-0.39, 0.29) is 11.1 Å². The molecule has 0 amide bonds. The summed E-state index contributed by atoms with van der Waals surface area (Å²) in [6, 6.07) is 2.49. The number of esters is 1. The molecule has 0 heterocycles. The molecule has 1 aromatic rings. The molecule has 220 valence electrons. The first-order chi connectivity index (χ1) is 16.5. The number of rotatable bonds is 8. The Morgan fingerprint density at radius 3 is 1.34 bits per heavy atom. The van der Waals surface area contributed by atoms with E-state index in [2.05, 4.69) is 4.74 Å². The van der Waals surface area contributed by atoms with Crippen molar-refractivity contribution in [1.29, 1.82) is 0 Å². The highest BCUT2D eigenvalue weighted by Gasteiger charge is 2.85. The molecule has 0 saturated carbocycles. The van der Waals surface area contributed by atoms with Crippen LogP contribution in [0.5, 0.6) is 5.75 Å². The molecule has 0 bridgehead atoms. The summed E-state index contributed by atoms with van der Waals surface area (Å²) in [6.07, 6.45) is -38.7. The van der Waals surface area contributed by atoms with Crippen LogP contribution in [0.15, 0.2) is 18.2 Å². The van der Waals surface area contributed by atoms with Gasteiger partial charge in [0.2, 0.25) is 0 Å². The maximum atomic E-state index is 14.4. The Labute approximate surface area is 198 Å². The summed E-state index contributed by atoms with van der Waals surface area (Å²) in [5.74, 6) is -27.7. The van der Waals surface area contributed by atoms with E-state index < -0.39 is 60.1 Å². The van der Waals surface area contributed by atoms with Gasteiger partial charge < -0.3 is 4.74 Å². The molecular weight excluding hydrogens is 591 g/mol. The molecule has 0 saturated heterocycles. The molecule has 0 aliphatic heterocycles. The number of aryl methyl sites for hydroxylation is 2. The van der Waals surface area contributed by atoms with E-state index in [1.54, 1.807) is 0 Å². The second-order valence-electron chi connectivity index (χ2n) is 7.21. The van der Waals surface area contributed by atoms with Gasteiger partial charge in [0.15, 0.2) is 0 Å². The van der Waals surface area contributed by atoms with Crippen LogP contribution >= 0.6 is 0 Å². The molecule has 0 fully saturated rings. The van der Waals surface area contributed by atoms with Crippen molar-refractivity contribution < 1.29 is 93.6 Å². The monoisotopic (exact) mass is 600 g/mol. The maximum Gasteiger partial charge on any atom is 0.462 e. The molecule has 0 aliphatic rings. The van der Waals surface area contributed by atoms with Gasteiger partial charge in [0.1, 0.15) is 5.75 Å². The van der Waals surface area contributed by atoms with Gasteiger partial charge in [-0.1, -0.05) is 6.07 Å². The van der Waals surface area contributed by atoms with E-state index in [0.29, 0.717) is 12.1 Å². The number of ether oxygens (including phenoxy) is 3. The van der Waals surface area contributed by atoms with E-state index in [1.165, 1.54) is 24.7 Å². The second kappa shape index (κ2) is 9.56. The Balaban J connectivity index is 3.65. The predicted molar refractivity (Wildman–Crippen MR) is 84.4 cm³/mol. The SMILES string of the molecule is Cc1cc(C)cc(OC(=O)[C@@](F)(OC(F)(F)[C@@](F)(OC(F)(F)C(F)(F)C(F)(F)F)C(F)(F)F)C(F)(F)F)c1. The number of carbonyl (C=O) groups is 1. The average molecular weight is 600 g/mol. The number of benzene rings is 1. The van der Waals surface area contributed by atoms with Crippen LogP contribution in [0.3, 0.4) is 0 Å². The Morgan fingerprint density at radius 2 is 1.00 bits per heavy atom. The van der Waals surface area contributed by atoms with Crippen molar-refractivity contribution in [2.75, 3.05) is 0 Å². The van der Waals surface area contributed by atoms with Crippen LogP contribution in [0.4, 0.5) is 74.6 Å². The number of hydrogen-bond donors (Lipinski definition) is 0. The van der Waals surface area contributed by atoms with E-state index in [4.69, 9.17) is 0 Å². The summed E-state index contributed by atoms with van der Waals surface area (Å²) in [4.78, 5) is 11.7. The summed E-state index contributed by atoms with van der Waals surface area (Å²) in [5, 5.41) is 0. The van der Waals surface area contributed by atoms with Crippen LogP contribution in [-0.2, 0) is 14.3 Å². The van der Waals surface area contributed by atoms with Gasteiger partial charge in [-0.05, 0) is 37.1 Å². The van der Waals surface area contributed by atoms with Crippen molar-refractivity contribution in [2.45, 2.75) is 62.2 Å². The Kier molecular flexibility index (Phi) is 8.41. The highest BCUT2D eigenvalue weighted by molar-refractivity contribution is 5.81. The van der Waals surface area contributed by atoms with Gasteiger partial charge in [0.05, 0.1) is 0 Å². The number of hydrogen-bond acceptors (Lipinski definition) is 4. The van der Waals surface area contributed by atoms with Gasteiger partial charge in [0.25, 0.3) is 0 Å². The fourth-order valence-corrected chi connectivity index (χ4v) is 2.31. The smallest absolute Gasteiger partial charge is 0.422 e. The highest BCUT2D eigenvalue weighted by atomic mass is 19.4. The van der Waals surface area contributed by atoms with Gasteiger partial charge in [-0.25, -0.2) is 4.79 Å². The van der Waals surface area contributed by atoms with Crippen molar-refractivity contribution in [3.8, 4) is 5.75 Å². The molecule has 1 rings (SSSR count). The molecule has 0 radical (unpaired) electrons. The molecule has 4 nitrogen and oxygen atoms in total. The van der Waals surface area contributed by atoms with E-state index >= 15 is 0 Å². The minimum Gasteiger partial charge on any atom is -0.422 e. The summed E-state index contributed by atoms with van der Waals surface area (Å²) < 4.78 is 230. The minimum atomic E-state index is -8.08. The highest BCUT2D eigenvalue weighted by Crippen LogP contribution is 2.56. The molecule has 21 heteroatoms. The lowest BCUT2D eigenvalue weighted by Crippen LogP contribution is -2.68. The summed E-state index contributed by atoms with van der Waals surface area (Å²) in [6.45, 7) is 2.35. The number of carbonyl (C=O) groups excluding carboxylic acids is 1. The van der Waals surface area contributed by atoms with E-state index in [1.807, 2.05) is 4.74 Å². The first kappa shape index (κ1) is 33.4. The van der Waals surface area contributed by atoms with Crippen LogP contribution in [0.2, 0.25) is 0 Å². The van der Waals surface area contributed by atoms with Gasteiger partial charge in [-0.3, -0.25) is 9.47 Å². The van der Waals surface area contributed by atoms with Crippen molar-refractivity contribution in [2.24, 2.45) is 0 Å². The molecule has 1 aromatic carbocycles. The fourth-order valence-electron chi connectivity index (χ4n) is 2.31. The molecule has 0 aliphatic carbocycles. The lowest BCUT2D eigenvalue weighted by Gasteiger charge is -2.39. The zero-order chi connectivity index (χ0) is 30.6. The molecule has 38 heavy (non-hydrogen) atoms. The Morgan fingerprint density at radius 1 is 0.579 bits per heavy atom. The van der Waals surface area contributed by atoms with Crippen LogP contribution < -0.4 is 4.74 Å². The number of alkyl halides is 17. The van der Waals surface area contributed by atoms with Gasteiger partial charge in [-0.15, -0.1) is 0 Å². The Hall–Kier alpha value is -2.58. The van der Waals surface area contributed by atoms with Crippen molar-refractivity contribution in [1.82, 2.24) is 0 Å². The van der Waals surface area contributed by atoms with Crippen LogP contribution in [0, 0.1) is 13.8 Å². The standard InChI is InChI=1S/C17H9F17O4/c1-6-3-7(2)5-8(4-6)36-9(35)10(18,13(22,23)24)37-17(33,34)12(21,15(28,29)30)38-16(31,32)11(19,20)14(25,26)27/h3-5H,1-2H3/t10-,12+/m1/s1. The molecule has 0 spiro atoms. The number of halogens is 17. The zero-order valence-electron chi connectivity index (χ0n) is 17.8. The van der Waals surface area contributed by atoms with Crippen LogP contribution in [0.1, 0.15) is 11.1 Å². The zero-order valence-corrected chi connectivity index (χ0v) is 17.8. The molecule has 0 N–H and O–H groups in total. The Bertz CT molecular complexity index is 1010. The lowest BCUT2D eigenvalue weighted by atomic mass is 10.1. The van der Waals surface area contributed by atoms with E-state index in [9.17, 15) is 79.4 Å². The largest absolute Gasteiger partial charge is 0.462 e. The predicted octanol–water partition coefficient (Wildman–Crippen LogP) is 7.08. The third kappa shape index (κ3) is 6.01. The van der Waals surface area contributed by atoms with E-state index in [0.717, 1.165) is 0 Å². The quantitative estimate of drug-likeness (QED) is 0.182. The fraction of sp³-hybridized carbons (Fsp3) is 0.588. The van der Waals surface area contributed by atoms with Crippen LogP contribution in [-0.4, -0.2) is 54.3 Å². The molecule has 2 atom stereocenters. The van der Waals surface area contributed by atoms with Crippen molar-refractivity contribution >= 4 is 5.97 Å². The summed E-state index contributed by atoms with van der Waals surface area (Å²) in [7, 11) is 0. The summed E-state index contributed by atoms with van der Waals surface area (Å²) in [5.41, 5.74) is 0.0770. The average Bonchev–Trinajstić information content (AvgIpc) is 2.63. The van der Waals surface area contributed by atoms with Gasteiger partial charge in [-0.2, -0.15) is 74.6 Å². The third-order valence-electron chi connectivity index (χ3n) is 4.03. The van der Waals surface area contributed by atoms with Crippen LogP contribution in [0.25, 0.3) is 0 Å². The lowest BCUT2D eigenvalue weighted by molar-refractivity contribution is -0.548. The van der Waals surface area contributed by atoms with Gasteiger partial charge in [0, 0.05) is 0 Å². The minimum absolute atomic E-state index is 0.0385. The molecule has 0 aromatic heterocycles. The second-order valence-corrected chi connectivity index (χ2v) is 7.21. The molecular formula is C17H9F17O4. The third-order valence-corrected chi connectivity index (χ3v) is 4.03. The van der Waals surface area contributed by atoms with Gasteiger partial charge >= 0.3 is 54.3 Å². The normalized spacial score (nSPS) is 17.6. The summed E-state index contributed by atoms with van der Waals surface area (Å²) >= 11 is 0. The maximum absolute atomic E-state index is 14.4. The topological polar surface area (TPSA) is 44.8 Å². The molecule has 0 unspecified atom stereocenters. The first-order valence-electron chi connectivity index (χ1n) is 8.87. The van der Waals surface area contributed by atoms with Crippen molar-refractivity contribution in [3.05, 3.63) is 29.3 Å². The first-order valence-corrected chi connectivity index (χ1v) is 8.87.